The average molecular weight is 298 g/mol. The number of fused-ring (bicyclic) bond motifs is 1. The van der Waals surface area contributed by atoms with Crippen molar-refractivity contribution in [1.82, 2.24) is 19.7 Å². The summed E-state index contributed by atoms with van der Waals surface area (Å²) in [6.07, 6.45) is 5.29. The minimum Gasteiger partial charge on any atom is -0.392 e. The number of pyridine rings is 2. The zero-order valence-electron chi connectivity index (χ0n) is 12.6. The smallest absolute Gasteiger partial charge is 0.158 e. The number of aliphatic hydroxyl groups is 2. The molecule has 0 bridgehead atoms. The van der Waals surface area contributed by atoms with E-state index < -0.39 is 0 Å². The van der Waals surface area contributed by atoms with Crippen molar-refractivity contribution in [2.24, 2.45) is 0 Å². The van der Waals surface area contributed by atoms with Crippen LogP contribution in [-0.4, -0.2) is 30.0 Å². The summed E-state index contributed by atoms with van der Waals surface area (Å²) >= 11 is 0. The fourth-order valence-electron chi connectivity index (χ4n) is 2.73. The summed E-state index contributed by atoms with van der Waals surface area (Å²) in [5.41, 5.74) is 4.56. The second-order valence-electron chi connectivity index (χ2n) is 5.18. The highest BCUT2D eigenvalue weighted by molar-refractivity contribution is 5.94. The Hall–Kier alpha value is -2.31. The molecular formula is C16H18N4O2. The van der Waals surface area contributed by atoms with Gasteiger partial charge in [0.2, 0.25) is 0 Å². The van der Waals surface area contributed by atoms with Gasteiger partial charge in [-0.2, -0.15) is 5.10 Å². The lowest BCUT2D eigenvalue weighted by Crippen LogP contribution is -2.05. The van der Waals surface area contributed by atoms with Gasteiger partial charge in [0, 0.05) is 41.0 Å². The molecule has 2 N–H and O–H groups in total. The van der Waals surface area contributed by atoms with Gasteiger partial charge < -0.3 is 10.2 Å². The Morgan fingerprint density at radius 3 is 2.59 bits per heavy atom. The Morgan fingerprint density at radius 2 is 1.95 bits per heavy atom. The van der Waals surface area contributed by atoms with E-state index in [4.69, 9.17) is 0 Å². The Labute approximate surface area is 128 Å². The van der Waals surface area contributed by atoms with Crippen molar-refractivity contribution in [3.63, 3.8) is 0 Å². The maximum atomic E-state index is 9.79. The predicted molar refractivity (Wildman–Crippen MR) is 83.0 cm³/mol. The molecule has 0 atom stereocenters. The highest BCUT2D eigenvalue weighted by Gasteiger charge is 2.18. The van der Waals surface area contributed by atoms with Crippen LogP contribution in [0.15, 0.2) is 24.7 Å². The van der Waals surface area contributed by atoms with E-state index in [9.17, 15) is 10.2 Å². The van der Waals surface area contributed by atoms with E-state index in [1.807, 2.05) is 19.9 Å². The lowest BCUT2D eigenvalue weighted by atomic mass is 9.97. The van der Waals surface area contributed by atoms with Gasteiger partial charge in [-0.25, -0.2) is 9.67 Å². The summed E-state index contributed by atoms with van der Waals surface area (Å²) in [6, 6.07) is 2.01. The largest absolute Gasteiger partial charge is 0.392 e. The van der Waals surface area contributed by atoms with E-state index >= 15 is 0 Å². The summed E-state index contributed by atoms with van der Waals surface area (Å²) in [5.74, 6) is 0. The first kappa shape index (κ1) is 14.6. The van der Waals surface area contributed by atoms with Crippen LogP contribution in [0.5, 0.6) is 0 Å². The maximum absolute atomic E-state index is 9.79. The Kier molecular flexibility index (Phi) is 3.87. The fourth-order valence-corrected chi connectivity index (χ4v) is 2.73. The maximum Gasteiger partial charge on any atom is 0.158 e. The molecule has 0 aliphatic rings. The molecule has 0 aliphatic heterocycles. The van der Waals surface area contributed by atoms with Gasteiger partial charge in [0.25, 0.3) is 0 Å². The van der Waals surface area contributed by atoms with E-state index in [0.29, 0.717) is 23.4 Å². The van der Waals surface area contributed by atoms with E-state index in [-0.39, 0.29) is 13.2 Å². The Bertz CT molecular complexity index is 826. The number of nitrogens with zero attached hydrogens (tertiary/aromatic N) is 4. The van der Waals surface area contributed by atoms with Crippen molar-refractivity contribution in [1.29, 1.82) is 0 Å². The zero-order chi connectivity index (χ0) is 15.7. The minimum absolute atomic E-state index is 0.195. The van der Waals surface area contributed by atoms with Crippen molar-refractivity contribution >= 4 is 11.0 Å². The third-order valence-corrected chi connectivity index (χ3v) is 3.74. The van der Waals surface area contributed by atoms with Crippen molar-refractivity contribution in [3.05, 3.63) is 41.5 Å². The molecular weight excluding hydrogens is 280 g/mol. The molecule has 0 spiro atoms. The van der Waals surface area contributed by atoms with Gasteiger partial charge in [-0.15, -0.1) is 0 Å². The van der Waals surface area contributed by atoms with E-state index in [0.717, 1.165) is 22.1 Å². The quantitative estimate of drug-likeness (QED) is 0.767. The number of aryl methyl sites for hydroxylation is 2. The Balaban J connectivity index is 2.41. The van der Waals surface area contributed by atoms with Crippen LogP contribution < -0.4 is 0 Å². The van der Waals surface area contributed by atoms with Gasteiger partial charge in [-0.1, -0.05) is 0 Å². The first-order valence-electron chi connectivity index (χ1n) is 7.20. The first-order valence-corrected chi connectivity index (χ1v) is 7.20. The summed E-state index contributed by atoms with van der Waals surface area (Å²) in [7, 11) is 0. The molecule has 6 nitrogen and oxygen atoms in total. The molecule has 0 amide bonds. The number of hydrogen-bond acceptors (Lipinski definition) is 5. The summed E-state index contributed by atoms with van der Waals surface area (Å²) in [4.78, 5) is 8.71. The highest BCUT2D eigenvalue weighted by Crippen LogP contribution is 2.33. The van der Waals surface area contributed by atoms with E-state index in [1.54, 1.807) is 23.3 Å². The molecule has 22 heavy (non-hydrogen) atoms. The standard InChI is InChI=1S/C16H18N4O2/c1-3-20-16-12(7-18-20)15(11-4-10(2)5-17-6-11)13(8-21)14(9-22)19-16/h4-7,21-22H,3,8-9H2,1-2H3. The molecule has 0 aliphatic carbocycles. The third-order valence-electron chi connectivity index (χ3n) is 3.74. The molecule has 3 aromatic rings. The van der Waals surface area contributed by atoms with Gasteiger partial charge in [0.05, 0.1) is 25.1 Å². The molecule has 114 valence electrons. The highest BCUT2D eigenvalue weighted by atomic mass is 16.3. The van der Waals surface area contributed by atoms with Crippen molar-refractivity contribution in [2.45, 2.75) is 33.6 Å². The first-order chi connectivity index (χ1) is 10.7. The van der Waals surface area contributed by atoms with Crippen LogP contribution in [0.1, 0.15) is 23.7 Å². The lowest BCUT2D eigenvalue weighted by molar-refractivity contribution is 0.256. The molecule has 0 saturated heterocycles. The van der Waals surface area contributed by atoms with E-state index in [2.05, 4.69) is 15.1 Å². The van der Waals surface area contributed by atoms with Crippen LogP contribution >= 0.6 is 0 Å². The van der Waals surface area contributed by atoms with Gasteiger partial charge >= 0.3 is 0 Å². The topological polar surface area (TPSA) is 84.1 Å². The number of rotatable bonds is 4. The normalized spacial score (nSPS) is 11.3. The predicted octanol–water partition coefficient (Wildman–Crippen LogP) is 1.81. The molecule has 0 radical (unpaired) electrons. The van der Waals surface area contributed by atoms with Crippen LogP contribution in [0.3, 0.4) is 0 Å². The van der Waals surface area contributed by atoms with Crippen molar-refractivity contribution in [3.8, 4) is 11.1 Å². The molecule has 3 rings (SSSR count). The molecule has 6 heteroatoms. The average Bonchev–Trinajstić information content (AvgIpc) is 2.95. The van der Waals surface area contributed by atoms with Gasteiger partial charge in [-0.3, -0.25) is 4.98 Å². The summed E-state index contributed by atoms with van der Waals surface area (Å²) in [6.45, 7) is 4.22. The Morgan fingerprint density at radius 1 is 1.14 bits per heavy atom. The summed E-state index contributed by atoms with van der Waals surface area (Å²) < 4.78 is 1.78. The second-order valence-corrected chi connectivity index (χ2v) is 5.18. The number of hydrogen-bond donors (Lipinski definition) is 2. The number of aliphatic hydroxyl groups excluding tert-OH is 2. The van der Waals surface area contributed by atoms with Crippen LogP contribution in [0.4, 0.5) is 0 Å². The molecule has 0 aromatic carbocycles. The van der Waals surface area contributed by atoms with Crippen LogP contribution in [-0.2, 0) is 19.8 Å². The molecule has 0 unspecified atom stereocenters. The molecule has 3 aromatic heterocycles. The minimum atomic E-state index is -0.229. The van der Waals surface area contributed by atoms with Crippen LogP contribution in [0, 0.1) is 6.92 Å². The number of aromatic nitrogens is 4. The van der Waals surface area contributed by atoms with Crippen LogP contribution in [0.25, 0.3) is 22.2 Å². The van der Waals surface area contributed by atoms with Gasteiger partial charge in [0.1, 0.15) is 0 Å². The summed E-state index contributed by atoms with van der Waals surface area (Å²) in [5, 5.41) is 24.6. The van der Waals surface area contributed by atoms with Crippen molar-refractivity contribution in [2.75, 3.05) is 0 Å². The fraction of sp³-hybridized carbons (Fsp3) is 0.312. The zero-order valence-corrected chi connectivity index (χ0v) is 12.6. The lowest BCUT2D eigenvalue weighted by Gasteiger charge is -2.13. The molecule has 3 heterocycles. The SMILES string of the molecule is CCn1ncc2c(-c3cncc(C)c3)c(CO)c(CO)nc21. The monoisotopic (exact) mass is 298 g/mol. The van der Waals surface area contributed by atoms with Crippen molar-refractivity contribution < 1.29 is 10.2 Å². The third kappa shape index (κ3) is 2.26. The van der Waals surface area contributed by atoms with E-state index in [1.165, 1.54) is 0 Å². The molecule has 0 saturated carbocycles. The molecule has 0 fully saturated rings. The van der Waals surface area contributed by atoms with Gasteiger partial charge in [0.15, 0.2) is 5.65 Å². The van der Waals surface area contributed by atoms with Crippen LogP contribution in [0.2, 0.25) is 0 Å². The second kappa shape index (κ2) is 5.82. The van der Waals surface area contributed by atoms with Gasteiger partial charge in [-0.05, 0) is 25.5 Å².